The molecule has 1 aromatic carbocycles. The molecule has 0 aliphatic rings. The zero-order valence-corrected chi connectivity index (χ0v) is 10.3. The molecule has 2 heteroatoms. The van der Waals surface area contributed by atoms with Crippen LogP contribution in [0.1, 0.15) is 29.8 Å². The maximum absolute atomic E-state index is 12.0. The lowest BCUT2D eigenvalue weighted by atomic mass is 9.98. The Labute approximate surface area is 93.7 Å². The Bertz CT molecular complexity index is 331. The van der Waals surface area contributed by atoms with E-state index in [1.54, 1.807) is 0 Å². The zero-order valence-electron chi connectivity index (χ0n) is 8.75. The molecule has 0 heterocycles. The summed E-state index contributed by atoms with van der Waals surface area (Å²) in [6, 6.07) is 7.70. The van der Waals surface area contributed by atoms with Gasteiger partial charge in [0.1, 0.15) is 0 Å². The number of carbonyl (C=O) groups excluding carboxylic acids is 1. The monoisotopic (exact) mass is 254 g/mol. The van der Waals surface area contributed by atoms with E-state index in [9.17, 15) is 4.79 Å². The van der Waals surface area contributed by atoms with Gasteiger partial charge in [0.2, 0.25) is 0 Å². The highest BCUT2D eigenvalue weighted by atomic mass is 79.9. The van der Waals surface area contributed by atoms with Crippen LogP contribution in [0.3, 0.4) is 0 Å². The van der Waals surface area contributed by atoms with Crippen LogP contribution in [0.5, 0.6) is 0 Å². The van der Waals surface area contributed by atoms with E-state index in [4.69, 9.17) is 0 Å². The predicted octanol–water partition coefficient (Wildman–Crippen LogP) is 3.60. The molecule has 0 radical (unpaired) electrons. The van der Waals surface area contributed by atoms with E-state index in [-0.39, 0.29) is 10.6 Å². The second kappa shape index (κ2) is 4.74. The molecule has 1 atom stereocenters. The summed E-state index contributed by atoms with van der Waals surface area (Å²) >= 11 is 3.43. The summed E-state index contributed by atoms with van der Waals surface area (Å²) in [5.74, 6) is 0.500. The fourth-order valence-corrected chi connectivity index (χ4v) is 1.55. The van der Waals surface area contributed by atoms with Gasteiger partial charge in [0.15, 0.2) is 5.78 Å². The lowest BCUT2D eigenvalue weighted by Crippen LogP contribution is -2.20. The van der Waals surface area contributed by atoms with Crippen molar-refractivity contribution >= 4 is 21.7 Å². The summed E-state index contributed by atoms with van der Waals surface area (Å²) in [7, 11) is 0. The van der Waals surface area contributed by atoms with Crippen molar-refractivity contribution in [2.45, 2.75) is 25.6 Å². The van der Waals surface area contributed by atoms with Gasteiger partial charge in [-0.2, -0.15) is 0 Å². The first kappa shape index (κ1) is 11.4. The summed E-state index contributed by atoms with van der Waals surface area (Å²) in [6.45, 7) is 6.04. The SMILES string of the molecule is Cc1ccccc1C(=O)C(Br)C(C)C. The molecule has 0 bridgehead atoms. The molecule has 0 amide bonds. The van der Waals surface area contributed by atoms with Crippen LogP contribution in [-0.2, 0) is 0 Å². The third-order valence-electron chi connectivity index (χ3n) is 2.25. The number of ketones is 1. The number of alkyl halides is 1. The highest BCUT2D eigenvalue weighted by molar-refractivity contribution is 9.10. The number of Topliss-reactive ketones (excluding diaryl/α,β-unsaturated/α-hetero) is 1. The second-order valence-corrected chi connectivity index (χ2v) is 4.81. The molecule has 1 unspecified atom stereocenters. The summed E-state index contributed by atoms with van der Waals surface area (Å²) in [5, 5.41) is 0. The van der Waals surface area contributed by atoms with Crippen molar-refractivity contribution in [2.24, 2.45) is 5.92 Å². The van der Waals surface area contributed by atoms with Gasteiger partial charge >= 0.3 is 0 Å². The molecule has 1 nitrogen and oxygen atoms in total. The molecule has 0 aliphatic heterocycles. The first-order valence-electron chi connectivity index (χ1n) is 4.78. The van der Waals surface area contributed by atoms with E-state index in [1.165, 1.54) is 0 Å². The van der Waals surface area contributed by atoms with E-state index in [1.807, 2.05) is 45.0 Å². The smallest absolute Gasteiger partial charge is 0.176 e. The van der Waals surface area contributed by atoms with E-state index >= 15 is 0 Å². The van der Waals surface area contributed by atoms with E-state index in [0.29, 0.717) is 5.92 Å². The zero-order chi connectivity index (χ0) is 10.7. The average molecular weight is 255 g/mol. The van der Waals surface area contributed by atoms with Crippen LogP contribution in [0.4, 0.5) is 0 Å². The quantitative estimate of drug-likeness (QED) is 0.595. The molecule has 0 saturated heterocycles. The number of hydrogen-bond acceptors (Lipinski definition) is 1. The lowest BCUT2D eigenvalue weighted by Gasteiger charge is -2.13. The summed E-state index contributed by atoms with van der Waals surface area (Å²) in [5.41, 5.74) is 1.87. The number of halogens is 1. The first-order chi connectivity index (χ1) is 6.54. The van der Waals surface area contributed by atoms with Crippen LogP contribution in [0.25, 0.3) is 0 Å². The van der Waals surface area contributed by atoms with Crippen LogP contribution in [0, 0.1) is 12.8 Å². The largest absolute Gasteiger partial charge is 0.293 e. The van der Waals surface area contributed by atoms with Gasteiger partial charge in [0.25, 0.3) is 0 Å². The maximum atomic E-state index is 12.0. The van der Waals surface area contributed by atoms with Crippen LogP contribution in [0.15, 0.2) is 24.3 Å². The van der Waals surface area contributed by atoms with Gasteiger partial charge in [-0.15, -0.1) is 0 Å². The Morgan fingerprint density at radius 2 is 1.86 bits per heavy atom. The molecule has 1 aromatic rings. The number of carbonyl (C=O) groups is 1. The Kier molecular flexibility index (Phi) is 3.87. The molecule has 0 N–H and O–H groups in total. The molecule has 76 valence electrons. The van der Waals surface area contributed by atoms with Crippen LogP contribution < -0.4 is 0 Å². The number of benzene rings is 1. The van der Waals surface area contributed by atoms with Crippen molar-refractivity contribution in [3.8, 4) is 0 Å². The first-order valence-corrected chi connectivity index (χ1v) is 5.69. The van der Waals surface area contributed by atoms with E-state index in [2.05, 4.69) is 15.9 Å². The van der Waals surface area contributed by atoms with E-state index in [0.717, 1.165) is 11.1 Å². The number of aryl methyl sites for hydroxylation is 1. The highest BCUT2D eigenvalue weighted by Gasteiger charge is 2.20. The summed E-state index contributed by atoms with van der Waals surface area (Å²) in [6.07, 6.45) is 0. The van der Waals surface area contributed by atoms with E-state index < -0.39 is 0 Å². The molecule has 0 fully saturated rings. The number of hydrogen-bond donors (Lipinski definition) is 0. The normalized spacial score (nSPS) is 12.9. The molecule has 14 heavy (non-hydrogen) atoms. The van der Waals surface area contributed by atoms with Gasteiger partial charge in [-0.25, -0.2) is 0 Å². The van der Waals surface area contributed by atoms with Gasteiger partial charge in [0, 0.05) is 5.56 Å². The highest BCUT2D eigenvalue weighted by Crippen LogP contribution is 2.19. The Morgan fingerprint density at radius 1 is 1.29 bits per heavy atom. The Hall–Kier alpha value is -0.630. The van der Waals surface area contributed by atoms with Crippen molar-refractivity contribution in [1.29, 1.82) is 0 Å². The van der Waals surface area contributed by atoms with Crippen molar-refractivity contribution in [3.05, 3.63) is 35.4 Å². The van der Waals surface area contributed by atoms with Crippen LogP contribution in [0.2, 0.25) is 0 Å². The summed E-state index contributed by atoms with van der Waals surface area (Å²) < 4.78 is 0. The Morgan fingerprint density at radius 3 is 2.36 bits per heavy atom. The van der Waals surface area contributed by atoms with Gasteiger partial charge in [-0.05, 0) is 18.4 Å². The minimum Gasteiger partial charge on any atom is -0.293 e. The molecular formula is C12H15BrO. The third kappa shape index (κ3) is 2.44. The summed E-state index contributed by atoms with van der Waals surface area (Å²) in [4.78, 5) is 11.9. The van der Waals surface area contributed by atoms with Crippen molar-refractivity contribution in [2.75, 3.05) is 0 Å². The minimum absolute atomic E-state index is 0.0800. The van der Waals surface area contributed by atoms with Gasteiger partial charge in [-0.1, -0.05) is 54.0 Å². The van der Waals surface area contributed by atoms with Crippen molar-refractivity contribution in [1.82, 2.24) is 0 Å². The lowest BCUT2D eigenvalue weighted by molar-refractivity contribution is 0.0977. The Balaban J connectivity index is 2.95. The van der Waals surface area contributed by atoms with Gasteiger partial charge < -0.3 is 0 Å². The van der Waals surface area contributed by atoms with Crippen LogP contribution in [-0.4, -0.2) is 10.6 Å². The molecule has 1 rings (SSSR count). The number of rotatable bonds is 3. The average Bonchev–Trinajstić information content (AvgIpc) is 2.16. The molecule has 0 aromatic heterocycles. The third-order valence-corrected chi connectivity index (χ3v) is 3.72. The molecule has 0 saturated carbocycles. The fourth-order valence-electron chi connectivity index (χ4n) is 1.30. The topological polar surface area (TPSA) is 17.1 Å². The standard InChI is InChI=1S/C12H15BrO/c1-8(2)11(13)12(14)10-7-5-4-6-9(10)3/h4-8,11H,1-3H3. The molecular weight excluding hydrogens is 240 g/mol. The van der Waals surface area contributed by atoms with Crippen molar-refractivity contribution in [3.63, 3.8) is 0 Å². The van der Waals surface area contributed by atoms with Gasteiger partial charge in [0.05, 0.1) is 4.83 Å². The minimum atomic E-state index is -0.0800. The molecule has 0 aliphatic carbocycles. The van der Waals surface area contributed by atoms with Gasteiger partial charge in [-0.3, -0.25) is 4.79 Å². The fraction of sp³-hybridized carbons (Fsp3) is 0.417. The maximum Gasteiger partial charge on any atom is 0.176 e. The van der Waals surface area contributed by atoms with Crippen LogP contribution >= 0.6 is 15.9 Å². The predicted molar refractivity (Wildman–Crippen MR) is 63.1 cm³/mol. The second-order valence-electron chi connectivity index (χ2n) is 3.82. The molecule has 0 spiro atoms. The van der Waals surface area contributed by atoms with Crippen molar-refractivity contribution < 1.29 is 4.79 Å².